The third-order valence-corrected chi connectivity index (χ3v) is 4.52. The molecule has 0 spiro atoms. The molecule has 1 aromatic rings. The van der Waals surface area contributed by atoms with E-state index >= 15 is 0 Å². The lowest BCUT2D eigenvalue weighted by Gasteiger charge is -2.35. The maximum Gasteiger partial charge on any atom is 0.303 e. The summed E-state index contributed by atoms with van der Waals surface area (Å²) in [5.74, 6) is -0.868. The molecule has 1 amide bonds. The summed E-state index contributed by atoms with van der Waals surface area (Å²) < 4.78 is 0.695. The van der Waals surface area contributed by atoms with Gasteiger partial charge < -0.3 is 15.7 Å². The van der Waals surface area contributed by atoms with Gasteiger partial charge in [0.25, 0.3) is 5.91 Å². The Labute approximate surface area is 132 Å². The minimum Gasteiger partial charge on any atom is -0.481 e. The Morgan fingerprint density at radius 1 is 1.43 bits per heavy atom. The molecule has 1 atom stereocenters. The summed E-state index contributed by atoms with van der Waals surface area (Å²) in [5, 5.41) is 8.80. The van der Waals surface area contributed by atoms with Crippen molar-refractivity contribution >= 4 is 33.5 Å². The highest BCUT2D eigenvalue weighted by Crippen LogP contribution is 2.31. The van der Waals surface area contributed by atoms with Crippen LogP contribution in [0.5, 0.6) is 0 Å². The van der Waals surface area contributed by atoms with Crippen molar-refractivity contribution in [2.45, 2.75) is 25.7 Å². The van der Waals surface area contributed by atoms with Gasteiger partial charge in [-0.1, -0.05) is 6.07 Å². The van der Waals surface area contributed by atoms with Crippen LogP contribution in [0.2, 0.25) is 0 Å². The minimum absolute atomic E-state index is 0.194. The molecule has 1 fully saturated rings. The van der Waals surface area contributed by atoms with Crippen LogP contribution in [0, 0.1) is 5.92 Å². The van der Waals surface area contributed by atoms with E-state index in [4.69, 9.17) is 10.8 Å². The summed E-state index contributed by atoms with van der Waals surface area (Å²) in [6.45, 7) is 1.63. The zero-order chi connectivity index (χ0) is 15.4. The summed E-state index contributed by atoms with van der Waals surface area (Å²) in [5.41, 5.74) is 6.81. The van der Waals surface area contributed by atoms with E-state index in [1.54, 1.807) is 6.07 Å². The largest absolute Gasteiger partial charge is 0.481 e. The van der Waals surface area contributed by atoms with E-state index in [2.05, 4.69) is 20.8 Å². The number of piperidine rings is 1. The Bertz CT molecular complexity index is 548. The van der Waals surface area contributed by atoms with E-state index in [1.165, 1.54) is 0 Å². The second-order valence-corrected chi connectivity index (χ2v) is 6.24. The number of nitrogens with zero attached hydrogens (tertiary/aromatic N) is 1. The zero-order valence-corrected chi connectivity index (χ0v) is 13.3. The molecule has 114 valence electrons. The number of rotatable bonds is 5. The lowest BCUT2D eigenvalue weighted by Crippen LogP contribution is -2.37. The number of amides is 1. The molecule has 0 radical (unpaired) electrons. The van der Waals surface area contributed by atoms with Crippen molar-refractivity contribution in [3.63, 3.8) is 0 Å². The highest BCUT2D eigenvalue weighted by molar-refractivity contribution is 9.10. The molecule has 21 heavy (non-hydrogen) atoms. The SMILES string of the molecule is NC(=O)c1c(Br)cccc1N1CCCC(CCC(=O)O)C1. The highest BCUT2D eigenvalue weighted by Gasteiger charge is 2.24. The van der Waals surface area contributed by atoms with Crippen molar-refractivity contribution in [2.75, 3.05) is 18.0 Å². The Kier molecular flexibility index (Phi) is 5.22. The number of hydrogen-bond donors (Lipinski definition) is 2. The number of anilines is 1. The second kappa shape index (κ2) is 6.93. The summed E-state index contributed by atoms with van der Waals surface area (Å²) in [4.78, 5) is 24.5. The average molecular weight is 355 g/mol. The number of carboxylic acids is 1. The van der Waals surface area contributed by atoms with E-state index in [9.17, 15) is 9.59 Å². The van der Waals surface area contributed by atoms with Crippen LogP contribution in [-0.2, 0) is 4.79 Å². The molecule has 6 heteroatoms. The van der Waals surface area contributed by atoms with E-state index < -0.39 is 11.9 Å². The fourth-order valence-electron chi connectivity index (χ4n) is 2.87. The summed E-state index contributed by atoms with van der Waals surface area (Å²) in [6, 6.07) is 5.58. The van der Waals surface area contributed by atoms with Crippen LogP contribution in [0.4, 0.5) is 5.69 Å². The molecule has 0 aliphatic carbocycles. The number of nitrogens with two attached hydrogens (primary N) is 1. The summed E-state index contributed by atoms with van der Waals surface area (Å²) in [7, 11) is 0. The lowest BCUT2D eigenvalue weighted by molar-refractivity contribution is -0.137. The van der Waals surface area contributed by atoms with Crippen molar-refractivity contribution in [2.24, 2.45) is 11.7 Å². The molecular weight excluding hydrogens is 336 g/mol. The lowest BCUT2D eigenvalue weighted by atomic mass is 9.92. The van der Waals surface area contributed by atoms with Gasteiger partial charge in [-0.3, -0.25) is 9.59 Å². The summed E-state index contributed by atoms with van der Waals surface area (Å²) >= 11 is 3.37. The first kappa shape index (κ1) is 15.8. The van der Waals surface area contributed by atoms with Gasteiger partial charge in [0.15, 0.2) is 0 Å². The Hall–Kier alpha value is -1.56. The number of hydrogen-bond acceptors (Lipinski definition) is 3. The number of primary amides is 1. The Morgan fingerprint density at radius 3 is 2.86 bits per heavy atom. The van der Waals surface area contributed by atoms with Gasteiger partial charge in [-0.05, 0) is 53.2 Å². The normalized spacial score (nSPS) is 18.5. The van der Waals surface area contributed by atoms with Crippen molar-refractivity contribution < 1.29 is 14.7 Å². The number of carbonyl (C=O) groups excluding carboxylic acids is 1. The second-order valence-electron chi connectivity index (χ2n) is 5.38. The van der Waals surface area contributed by atoms with E-state index in [-0.39, 0.29) is 6.42 Å². The molecule has 1 aliphatic heterocycles. The van der Waals surface area contributed by atoms with Crippen molar-refractivity contribution in [3.05, 3.63) is 28.2 Å². The zero-order valence-electron chi connectivity index (χ0n) is 11.7. The van der Waals surface area contributed by atoms with Gasteiger partial charge in [0, 0.05) is 24.0 Å². The molecule has 3 N–H and O–H groups in total. The fraction of sp³-hybridized carbons (Fsp3) is 0.467. The molecule has 2 rings (SSSR count). The van der Waals surface area contributed by atoms with Gasteiger partial charge in [-0.2, -0.15) is 0 Å². The molecule has 1 aromatic carbocycles. The molecule has 1 saturated heterocycles. The molecule has 0 aromatic heterocycles. The minimum atomic E-state index is -0.757. The Morgan fingerprint density at radius 2 is 2.19 bits per heavy atom. The molecular formula is C15H19BrN2O3. The Balaban J connectivity index is 2.16. The number of aliphatic carboxylic acids is 1. The molecule has 0 saturated carbocycles. The van der Waals surface area contributed by atoms with Gasteiger partial charge in [0.1, 0.15) is 0 Å². The van der Waals surface area contributed by atoms with Crippen LogP contribution >= 0.6 is 15.9 Å². The standard InChI is InChI=1S/C15H19BrN2O3/c16-11-4-1-5-12(14(11)15(17)21)18-8-2-3-10(9-18)6-7-13(19)20/h1,4-5,10H,2-3,6-9H2,(H2,17,21)(H,19,20). The molecule has 1 aliphatic rings. The summed E-state index contributed by atoms with van der Waals surface area (Å²) in [6.07, 6.45) is 2.89. The van der Waals surface area contributed by atoms with Gasteiger partial charge >= 0.3 is 5.97 Å². The third-order valence-electron chi connectivity index (χ3n) is 3.86. The fourth-order valence-corrected chi connectivity index (χ4v) is 3.42. The van der Waals surface area contributed by atoms with E-state index in [0.717, 1.165) is 31.6 Å². The van der Waals surface area contributed by atoms with E-state index in [1.807, 2.05) is 12.1 Å². The van der Waals surface area contributed by atoms with Gasteiger partial charge in [0.2, 0.25) is 0 Å². The molecule has 0 bridgehead atoms. The number of halogens is 1. The van der Waals surface area contributed by atoms with Gasteiger partial charge in [-0.15, -0.1) is 0 Å². The van der Waals surface area contributed by atoms with Crippen molar-refractivity contribution in [1.82, 2.24) is 0 Å². The number of benzene rings is 1. The van der Waals surface area contributed by atoms with Crippen molar-refractivity contribution in [3.8, 4) is 0 Å². The van der Waals surface area contributed by atoms with Crippen LogP contribution in [-0.4, -0.2) is 30.1 Å². The maximum atomic E-state index is 11.7. The molecule has 5 nitrogen and oxygen atoms in total. The predicted molar refractivity (Wildman–Crippen MR) is 84.5 cm³/mol. The quantitative estimate of drug-likeness (QED) is 0.851. The molecule has 1 heterocycles. The predicted octanol–water partition coefficient (Wildman–Crippen LogP) is 2.63. The van der Waals surface area contributed by atoms with Crippen LogP contribution in [0.15, 0.2) is 22.7 Å². The monoisotopic (exact) mass is 354 g/mol. The molecule has 1 unspecified atom stereocenters. The van der Waals surface area contributed by atoms with Crippen LogP contribution < -0.4 is 10.6 Å². The van der Waals surface area contributed by atoms with Crippen molar-refractivity contribution in [1.29, 1.82) is 0 Å². The van der Waals surface area contributed by atoms with Crippen LogP contribution in [0.1, 0.15) is 36.0 Å². The smallest absolute Gasteiger partial charge is 0.303 e. The van der Waals surface area contributed by atoms with Gasteiger partial charge in [-0.25, -0.2) is 0 Å². The highest BCUT2D eigenvalue weighted by atomic mass is 79.9. The number of carbonyl (C=O) groups is 2. The van der Waals surface area contributed by atoms with Crippen LogP contribution in [0.25, 0.3) is 0 Å². The topological polar surface area (TPSA) is 83.6 Å². The van der Waals surface area contributed by atoms with E-state index in [0.29, 0.717) is 22.4 Å². The number of carboxylic acid groups (broad SMARTS) is 1. The average Bonchev–Trinajstić information content (AvgIpc) is 2.44. The maximum absolute atomic E-state index is 11.7. The third kappa shape index (κ3) is 3.97. The van der Waals surface area contributed by atoms with Crippen LogP contribution in [0.3, 0.4) is 0 Å². The first-order valence-electron chi connectivity index (χ1n) is 7.04. The van der Waals surface area contributed by atoms with Gasteiger partial charge in [0.05, 0.1) is 11.3 Å². The first-order chi connectivity index (χ1) is 9.99. The first-order valence-corrected chi connectivity index (χ1v) is 7.83.